The fraction of sp³-hybridized carbons (Fsp3) is 0.278. The molecule has 1 heterocycles. The fourth-order valence-corrected chi connectivity index (χ4v) is 3.83. The Morgan fingerprint density at radius 3 is 2.58 bits per heavy atom. The number of amides is 1. The van der Waals surface area contributed by atoms with Crippen molar-refractivity contribution in [2.45, 2.75) is 19.4 Å². The third kappa shape index (κ3) is 3.83. The molecule has 0 spiro atoms. The van der Waals surface area contributed by atoms with Gasteiger partial charge in [-0.1, -0.05) is 42.5 Å². The molecule has 6 heteroatoms. The molecule has 1 aliphatic heterocycles. The third-order valence-electron chi connectivity index (χ3n) is 4.22. The molecule has 1 aliphatic rings. The van der Waals surface area contributed by atoms with Crippen LogP contribution in [0.4, 0.5) is 5.69 Å². The maximum atomic E-state index is 12.1. The van der Waals surface area contributed by atoms with Gasteiger partial charge in [0.1, 0.15) is 0 Å². The summed E-state index contributed by atoms with van der Waals surface area (Å²) in [5, 5.41) is 0. The number of sulfonamides is 1. The summed E-state index contributed by atoms with van der Waals surface area (Å²) in [5.74, 6) is 0.119. The second-order valence-electron chi connectivity index (χ2n) is 5.97. The molecular formula is C18H20N2O3S. The van der Waals surface area contributed by atoms with Crippen LogP contribution in [-0.4, -0.2) is 27.1 Å². The number of nitrogens with zero attached hydrogens (tertiary/aromatic N) is 1. The van der Waals surface area contributed by atoms with E-state index in [2.05, 4.69) is 4.72 Å². The third-order valence-corrected chi connectivity index (χ3v) is 5.55. The van der Waals surface area contributed by atoms with Crippen LogP contribution in [0.15, 0.2) is 48.5 Å². The second kappa shape index (κ2) is 6.75. The van der Waals surface area contributed by atoms with Gasteiger partial charge in [0.05, 0.1) is 12.2 Å². The van der Waals surface area contributed by atoms with Crippen LogP contribution in [0, 0.1) is 0 Å². The summed E-state index contributed by atoms with van der Waals surface area (Å²) in [7, 11) is -1.59. The Bertz CT molecular complexity index is 848. The van der Waals surface area contributed by atoms with Gasteiger partial charge in [0.25, 0.3) is 0 Å². The highest BCUT2D eigenvalue weighted by Crippen LogP contribution is 2.28. The van der Waals surface area contributed by atoms with Gasteiger partial charge in [0.2, 0.25) is 15.9 Å². The van der Waals surface area contributed by atoms with E-state index in [0.717, 1.165) is 22.4 Å². The van der Waals surface area contributed by atoms with Gasteiger partial charge >= 0.3 is 0 Å². The summed E-state index contributed by atoms with van der Waals surface area (Å²) >= 11 is 0. The van der Waals surface area contributed by atoms with Crippen LogP contribution >= 0.6 is 0 Å². The average molecular weight is 344 g/mol. The Balaban J connectivity index is 1.59. The number of hydrogen-bond acceptors (Lipinski definition) is 3. The van der Waals surface area contributed by atoms with Crippen LogP contribution in [0.25, 0.3) is 0 Å². The number of carbonyl (C=O) groups is 1. The van der Waals surface area contributed by atoms with Crippen LogP contribution in [0.5, 0.6) is 0 Å². The van der Waals surface area contributed by atoms with Crippen LogP contribution in [0.2, 0.25) is 0 Å². The number of fused-ring (bicyclic) bond motifs is 1. The maximum absolute atomic E-state index is 12.1. The maximum Gasteiger partial charge on any atom is 0.231 e. The lowest BCUT2D eigenvalue weighted by Crippen LogP contribution is -2.26. The van der Waals surface area contributed by atoms with Crippen molar-refractivity contribution in [3.8, 4) is 0 Å². The van der Waals surface area contributed by atoms with Gasteiger partial charge in [-0.3, -0.25) is 4.79 Å². The van der Waals surface area contributed by atoms with Gasteiger partial charge in [0, 0.05) is 19.3 Å². The smallest absolute Gasteiger partial charge is 0.231 e. The number of nitrogens with one attached hydrogen (secondary N) is 1. The molecule has 2 aromatic carbocycles. The molecule has 0 saturated heterocycles. The van der Waals surface area contributed by atoms with Crippen LogP contribution in [-0.2, 0) is 34.2 Å². The quantitative estimate of drug-likeness (QED) is 0.870. The van der Waals surface area contributed by atoms with Crippen LogP contribution in [0.1, 0.15) is 16.7 Å². The molecule has 1 amide bonds. The zero-order valence-electron chi connectivity index (χ0n) is 13.5. The summed E-state index contributed by atoms with van der Waals surface area (Å²) in [6.45, 7) is 0.238. The largest absolute Gasteiger partial charge is 0.315 e. The lowest BCUT2D eigenvalue weighted by atomic mass is 10.1. The number of hydrogen-bond donors (Lipinski definition) is 1. The highest BCUT2D eigenvalue weighted by molar-refractivity contribution is 7.89. The van der Waals surface area contributed by atoms with E-state index in [0.29, 0.717) is 12.8 Å². The molecule has 2 aromatic rings. The second-order valence-corrected chi connectivity index (χ2v) is 7.89. The Kier molecular flexibility index (Phi) is 4.69. The molecular weight excluding hydrogens is 324 g/mol. The highest BCUT2D eigenvalue weighted by atomic mass is 32.2. The number of aryl methyl sites for hydroxylation is 1. The van der Waals surface area contributed by atoms with Crippen molar-refractivity contribution in [1.29, 1.82) is 0 Å². The fourth-order valence-electron chi connectivity index (χ4n) is 2.80. The summed E-state index contributed by atoms with van der Waals surface area (Å²) in [6, 6.07) is 15.2. The van der Waals surface area contributed by atoms with E-state index >= 15 is 0 Å². The monoisotopic (exact) mass is 344 g/mol. The lowest BCUT2D eigenvalue weighted by molar-refractivity contribution is -0.117. The van der Waals surface area contributed by atoms with Crippen molar-refractivity contribution >= 4 is 21.6 Å². The summed E-state index contributed by atoms with van der Waals surface area (Å²) in [4.78, 5) is 13.3. The van der Waals surface area contributed by atoms with E-state index in [4.69, 9.17) is 0 Å². The SMILES string of the molecule is CN1C(=O)Cc2cc(CNS(=O)(=O)CCc3ccccc3)ccc21. The molecule has 0 aromatic heterocycles. The number of likely N-dealkylation sites (N-methyl/N-ethyl adjacent to an activating group) is 1. The molecule has 5 nitrogen and oxygen atoms in total. The first-order valence-corrected chi connectivity index (χ1v) is 9.49. The molecule has 0 atom stereocenters. The number of rotatable bonds is 6. The molecule has 0 bridgehead atoms. The van der Waals surface area contributed by atoms with Crippen molar-refractivity contribution in [2.24, 2.45) is 0 Å². The molecule has 0 unspecified atom stereocenters. The Morgan fingerprint density at radius 1 is 1.08 bits per heavy atom. The minimum absolute atomic E-state index is 0.0587. The molecule has 1 N–H and O–H groups in total. The van der Waals surface area contributed by atoms with Crippen LogP contribution < -0.4 is 9.62 Å². The average Bonchev–Trinajstić information content (AvgIpc) is 2.86. The topological polar surface area (TPSA) is 66.5 Å². The molecule has 3 rings (SSSR count). The van der Waals surface area contributed by atoms with Crippen molar-refractivity contribution in [3.63, 3.8) is 0 Å². The van der Waals surface area contributed by atoms with Crippen molar-refractivity contribution in [2.75, 3.05) is 17.7 Å². The van der Waals surface area contributed by atoms with Gasteiger partial charge in [-0.2, -0.15) is 0 Å². The number of anilines is 1. The predicted molar refractivity (Wildman–Crippen MR) is 94.3 cm³/mol. The first-order chi connectivity index (χ1) is 11.4. The first kappa shape index (κ1) is 16.7. The van der Waals surface area contributed by atoms with Gasteiger partial charge in [-0.25, -0.2) is 13.1 Å². The van der Waals surface area contributed by atoms with E-state index < -0.39 is 10.0 Å². The molecule has 0 fully saturated rings. The van der Waals surface area contributed by atoms with E-state index in [9.17, 15) is 13.2 Å². The van der Waals surface area contributed by atoms with Crippen molar-refractivity contribution in [1.82, 2.24) is 4.72 Å². The summed E-state index contributed by atoms with van der Waals surface area (Å²) in [5.41, 5.74) is 3.71. The minimum atomic E-state index is -3.34. The number of carbonyl (C=O) groups excluding carboxylic acids is 1. The Morgan fingerprint density at radius 2 is 1.83 bits per heavy atom. The van der Waals surface area contributed by atoms with Crippen molar-refractivity contribution < 1.29 is 13.2 Å². The zero-order valence-corrected chi connectivity index (χ0v) is 14.3. The number of benzene rings is 2. The normalized spacial score (nSPS) is 14.0. The first-order valence-electron chi connectivity index (χ1n) is 7.84. The lowest BCUT2D eigenvalue weighted by Gasteiger charge is -2.11. The van der Waals surface area contributed by atoms with Gasteiger partial charge < -0.3 is 4.90 Å². The van der Waals surface area contributed by atoms with E-state index in [1.807, 2.05) is 48.5 Å². The summed E-state index contributed by atoms with van der Waals surface area (Å²) < 4.78 is 26.9. The molecule has 0 radical (unpaired) electrons. The molecule has 0 aliphatic carbocycles. The molecule has 0 saturated carbocycles. The standard InChI is InChI=1S/C18H20N2O3S/c1-20-17-8-7-15(11-16(17)12-18(20)21)13-19-24(22,23)10-9-14-5-3-2-4-6-14/h2-8,11,19H,9-10,12-13H2,1H3. The highest BCUT2D eigenvalue weighted by Gasteiger charge is 2.23. The van der Waals surface area contributed by atoms with E-state index in [1.54, 1.807) is 11.9 Å². The van der Waals surface area contributed by atoms with E-state index in [1.165, 1.54) is 0 Å². The van der Waals surface area contributed by atoms with Crippen molar-refractivity contribution in [3.05, 3.63) is 65.2 Å². The van der Waals surface area contributed by atoms with E-state index in [-0.39, 0.29) is 18.2 Å². The Labute approximate surface area is 142 Å². The summed E-state index contributed by atoms with van der Waals surface area (Å²) in [6.07, 6.45) is 0.861. The molecule has 24 heavy (non-hydrogen) atoms. The van der Waals surface area contributed by atoms with Gasteiger partial charge in [0.15, 0.2) is 0 Å². The zero-order chi connectivity index (χ0) is 17.2. The predicted octanol–water partition coefficient (Wildman–Crippen LogP) is 1.87. The van der Waals surface area contributed by atoms with Crippen LogP contribution in [0.3, 0.4) is 0 Å². The Hall–Kier alpha value is -2.18. The molecule has 126 valence electrons. The van der Waals surface area contributed by atoms with Gasteiger partial charge in [-0.15, -0.1) is 0 Å². The minimum Gasteiger partial charge on any atom is -0.315 e. The van der Waals surface area contributed by atoms with Gasteiger partial charge in [-0.05, 0) is 29.2 Å².